The topological polar surface area (TPSA) is 49.4 Å². The van der Waals surface area contributed by atoms with Gasteiger partial charge in [-0.1, -0.05) is 0 Å². The highest BCUT2D eigenvalue weighted by atomic mass is 32.2. The van der Waals surface area contributed by atoms with E-state index < -0.39 is 22.6 Å². The Morgan fingerprint density at radius 3 is 2.47 bits per heavy atom. The van der Waals surface area contributed by atoms with E-state index in [1.807, 2.05) is 0 Å². The van der Waals surface area contributed by atoms with E-state index in [0.29, 0.717) is 19.5 Å². The highest BCUT2D eigenvalue weighted by molar-refractivity contribution is 7.91. The van der Waals surface area contributed by atoms with Gasteiger partial charge in [0, 0.05) is 25.2 Å². The molecule has 8 heteroatoms. The van der Waals surface area contributed by atoms with Crippen molar-refractivity contribution in [2.45, 2.75) is 37.5 Å². The predicted octanol–water partition coefficient (Wildman–Crippen LogP) is 0.790. The third-order valence-corrected chi connectivity index (χ3v) is 5.25. The van der Waals surface area contributed by atoms with Gasteiger partial charge in [0.1, 0.15) is 0 Å². The first kappa shape index (κ1) is 15.1. The van der Waals surface area contributed by atoms with E-state index in [9.17, 15) is 21.6 Å². The molecular weight excluding hydrogens is 281 g/mol. The number of halogens is 3. The molecule has 1 aliphatic carbocycles. The number of nitrogens with one attached hydrogen (secondary N) is 1. The molecule has 1 saturated carbocycles. The molecule has 0 radical (unpaired) electrons. The van der Waals surface area contributed by atoms with Gasteiger partial charge in [0.05, 0.1) is 18.1 Å². The molecule has 2 fully saturated rings. The summed E-state index contributed by atoms with van der Waals surface area (Å²) in [4.78, 5) is 1.43. The van der Waals surface area contributed by atoms with Crippen molar-refractivity contribution in [1.82, 2.24) is 10.2 Å². The molecule has 0 spiro atoms. The number of rotatable bonds is 5. The first-order valence-corrected chi connectivity index (χ1v) is 8.32. The van der Waals surface area contributed by atoms with E-state index >= 15 is 0 Å². The van der Waals surface area contributed by atoms with Gasteiger partial charge in [-0.05, 0) is 19.3 Å². The highest BCUT2D eigenvalue weighted by Gasteiger charge is 2.38. The van der Waals surface area contributed by atoms with Crippen molar-refractivity contribution >= 4 is 9.84 Å². The Bertz CT molecular complexity index is 407. The van der Waals surface area contributed by atoms with Gasteiger partial charge < -0.3 is 5.32 Å². The molecule has 0 aromatic heterocycles. The first-order chi connectivity index (χ1) is 8.75. The molecule has 1 atom stereocenters. The van der Waals surface area contributed by atoms with Crippen LogP contribution in [0.4, 0.5) is 13.2 Å². The maximum atomic E-state index is 12.4. The number of hydrogen-bond donors (Lipinski definition) is 1. The Morgan fingerprint density at radius 1 is 1.26 bits per heavy atom. The molecule has 112 valence electrons. The summed E-state index contributed by atoms with van der Waals surface area (Å²) in [5.41, 5.74) is 0. The maximum Gasteiger partial charge on any atom is 0.401 e. The summed E-state index contributed by atoms with van der Waals surface area (Å²) in [6.45, 7) is -0.190. The van der Waals surface area contributed by atoms with Gasteiger partial charge in [0.25, 0.3) is 0 Å². The molecule has 19 heavy (non-hydrogen) atoms. The Hall–Kier alpha value is -0.340. The summed E-state index contributed by atoms with van der Waals surface area (Å²) in [5, 5.41) is 3.07. The van der Waals surface area contributed by atoms with Crippen LogP contribution in [0.25, 0.3) is 0 Å². The van der Waals surface area contributed by atoms with E-state index in [1.165, 1.54) is 4.90 Å². The quantitative estimate of drug-likeness (QED) is 0.815. The van der Waals surface area contributed by atoms with E-state index in [0.717, 1.165) is 12.8 Å². The molecule has 4 nitrogen and oxygen atoms in total. The third kappa shape index (κ3) is 5.27. The summed E-state index contributed by atoms with van der Waals surface area (Å²) in [6, 6.07) is -0.185. The standard InChI is InChI=1S/C11H19F3N2O2S/c12-11(13,14)8-16(10-1-2-10)5-3-9-7-19(17,18)6-4-15-9/h9-10,15H,1-8H2. The van der Waals surface area contributed by atoms with Crippen LogP contribution in [0.15, 0.2) is 0 Å². The Balaban J connectivity index is 1.82. The van der Waals surface area contributed by atoms with E-state index in [-0.39, 0.29) is 23.6 Å². The predicted molar refractivity (Wildman–Crippen MR) is 65.7 cm³/mol. The zero-order valence-corrected chi connectivity index (χ0v) is 11.4. The van der Waals surface area contributed by atoms with Gasteiger partial charge in [0.15, 0.2) is 9.84 Å². The molecule has 1 unspecified atom stereocenters. The normalized spacial score (nSPS) is 27.7. The van der Waals surface area contributed by atoms with Crippen molar-refractivity contribution in [3.05, 3.63) is 0 Å². The van der Waals surface area contributed by atoms with Crippen LogP contribution in [-0.4, -0.2) is 62.7 Å². The SMILES string of the molecule is O=S1(=O)CCNC(CCN(CC(F)(F)F)C2CC2)C1. The van der Waals surface area contributed by atoms with Crippen LogP contribution in [0.5, 0.6) is 0 Å². The molecule has 2 aliphatic rings. The van der Waals surface area contributed by atoms with Crippen molar-refractivity contribution < 1.29 is 21.6 Å². The number of alkyl halides is 3. The van der Waals surface area contributed by atoms with Gasteiger partial charge in [-0.15, -0.1) is 0 Å². The van der Waals surface area contributed by atoms with Crippen molar-refractivity contribution in [3.8, 4) is 0 Å². The lowest BCUT2D eigenvalue weighted by molar-refractivity contribution is -0.147. The van der Waals surface area contributed by atoms with E-state index in [4.69, 9.17) is 0 Å². The van der Waals surface area contributed by atoms with Crippen LogP contribution in [0.2, 0.25) is 0 Å². The van der Waals surface area contributed by atoms with Gasteiger partial charge in [-0.2, -0.15) is 13.2 Å². The fraction of sp³-hybridized carbons (Fsp3) is 1.00. The third-order valence-electron chi connectivity index (χ3n) is 3.51. The molecule has 0 amide bonds. The minimum absolute atomic E-state index is 0.0295. The molecule has 1 saturated heterocycles. The molecule has 1 aliphatic heterocycles. The summed E-state index contributed by atoms with van der Waals surface area (Å²) in [7, 11) is -3.02. The lowest BCUT2D eigenvalue weighted by atomic mass is 10.2. The lowest BCUT2D eigenvalue weighted by Crippen LogP contribution is -2.47. The molecule has 0 aromatic carbocycles. The largest absolute Gasteiger partial charge is 0.401 e. The van der Waals surface area contributed by atoms with Crippen molar-refractivity contribution in [2.24, 2.45) is 0 Å². The second kappa shape index (κ2) is 5.57. The average molecular weight is 300 g/mol. The Morgan fingerprint density at radius 2 is 1.95 bits per heavy atom. The van der Waals surface area contributed by atoms with E-state index in [1.54, 1.807) is 0 Å². The molecule has 2 rings (SSSR count). The Kier molecular flexibility index (Phi) is 4.42. The molecule has 0 aromatic rings. The van der Waals surface area contributed by atoms with Crippen LogP contribution in [-0.2, 0) is 9.84 Å². The number of sulfone groups is 1. The second-order valence-corrected chi connectivity index (χ2v) is 7.60. The number of hydrogen-bond acceptors (Lipinski definition) is 4. The minimum Gasteiger partial charge on any atom is -0.312 e. The van der Waals surface area contributed by atoms with Gasteiger partial charge in [0.2, 0.25) is 0 Å². The van der Waals surface area contributed by atoms with Crippen molar-refractivity contribution in [1.29, 1.82) is 0 Å². The average Bonchev–Trinajstić information content (AvgIpc) is 3.05. The van der Waals surface area contributed by atoms with Crippen LogP contribution in [0.3, 0.4) is 0 Å². The van der Waals surface area contributed by atoms with Crippen LogP contribution >= 0.6 is 0 Å². The Labute approximate surface area is 111 Å². The molecular formula is C11H19F3N2O2S. The fourth-order valence-corrected chi connectivity index (χ4v) is 3.93. The fourth-order valence-electron chi connectivity index (χ4n) is 2.44. The van der Waals surface area contributed by atoms with Crippen LogP contribution in [0.1, 0.15) is 19.3 Å². The molecule has 1 heterocycles. The van der Waals surface area contributed by atoms with Crippen LogP contribution in [0, 0.1) is 0 Å². The summed E-state index contributed by atoms with van der Waals surface area (Å²) >= 11 is 0. The maximum absolute atomic E-state index is 12.4. The monoisotopic (exact) mass is 300 g/mol. The zero-order chi connectivity index (χ0) is 14.1. The van der Waals surface area contributed by atoms with Crippen LogP contribution < -0.4 is 5.32 Å². The van der Waals surface area contributed by atoms with Gasteiger partial charge >= 0.3 is 6.18 Å². The summed E-state index contributed by atoms with van der Waals surface area (Å²) in [5.74, 6) is 0.163. The molecule has 0 bridgehead atoms. The number of nitrogens with zero attached hydrogens (tertiary/aromatic N) is 1. The second-order valence-electron chi connectivity index (χ2n) is 5.37. The van der Waals surface area contributed by atoms with Crippen molar-refractivity contribution in [3.63, 3.8) is 0 Å². The van der Waals surface area contributed by atoms with Crippen molar-refractivity contribution in [2.75, 3.05) is 31.1 Å². The summed E-state index contributed by atoms with van der Waals surface area (Å²) < 4.78 is 60.2. The van der Waals surface area contributed by atoms with E-state index in [2.05, 4.69) is 5.32 Å². The van der Waals surface area contributed by atoms with Gasteiger partial charge in [-0.25, -0.2) is 8.42 Å². The minimum atomic E-state index is -4.19. The smallest absolute Gasteiger partial charge is 0.312 e. The first-order valence-electron chi connectivity index (χ1n) is 6.50. The zero-order valence-electron chi connectivity index (χ0n) is 10.6. The summed E-state index contributed by atoms with van der Waals surface area (Å²) in [6.07, 6.45) is -2.11. The lowest BCUT2D eigenvalue weighted by Gasteiger charge is -2.28. The highest BCUT2D eigenvalue weighted by Crippen LogP contribution is 2.30. The molecule has 1 N–H and O–H groups in total. The van der Waals surface area contributed by atoms with Gasteiger partial charge in [-0.3, -0.25) is 4.90 Å².